The number of primary amides is 1. The van der Waals surface area contributed by atoms with Gasteiger partial charge in [-0.15, -0.1) is 11.3 Å². The van der Waals surface area contributed by atoms with E-state index in [1.165, 1.54) is 4.88 Å². The van der Waals surface area contributed by atoms with Crippen LogP contribution in [0.1, 0.15) is 59.3 Å². The number of carbonyl (C=O) groups excluding carboxylic acids is 2. The summed E-state index contributed by atoms with van der Waals surface area (Å²) in [7, 11) is 0. The molecule has 3 aromatic heterocycles. The molecule has 4 heterocycles. The van der Waals surface area contributed by atoms with E-state index in [2.05, 4.69) is 25.0 Å². The number of hydrogen-bond donors (Lipinski definition) is 1. The summed E-state index contributed by atoms with van der Waals surface area (Å²) >= 11 is 1.71. The summed E-state index contributed by atoms with van der Waals surface area (Å²) in [6.07, 6.45) is 4.07. The maximum Gasteiger partial charge on any atom is 0.255 e. The number of hydrogen-bond acceptors (Lipinski definition) is 5. The van der Waals surface area contributed by atoms with E-state index < -0.39 is 11.9 Å². The molecule has 1 aliphatic heterocycles. The lowest BCUT2D eigenvalue weighted by molar-refractivity contribution is -0.123. The van der Waals surface area contributed by atoms with Crippen LogP contribution >= 0.6 is 11.3 Å². The Labute approximate surface area is 179 Å². The number of nitrogens with zero attached hydrogens (tertiary/aromatic N) is 4. The molecule has 1 aliphatic rings. The van der Waals surface area contributed by atoms with Gasteiger partial charge in [0.25, 0.3) is 5.91 Å². The molecule has 1 atom stereocenters. The average Bonchev–Trinajstić information content (AvgIpc) is 3.29. The summed E-state index contributed by atoms with van der Waals surface area (Å²) in [6.45, 7) is 8.73. The van der Waals surface area contributed by atoms with E-state index in [-0.39, 0.29) is 11.9 Å². The normalized spacial score (nSPS) is 17.1. The summed E-state index contributed by atoms with van der Waals surface area (Å²) in [4.78, 5) is 34.5. The zero-order valence-electron chi connectivity index (χ0n) is 17.8. The van der Waals surface area contributed by atoms with Crippen molar-refractivity contribution in [3.8, 4) is 11.3 Å². The summed E-state index contributed by atoms with van der Waals surface area (Å²) in [6, 6.07) is 3.49. The first-order valence-electron chi connectivity index (χ1n) is 10.3. The van der Waals surface area contributed by atoms with Crippen molar-refractivity contribution in [2.45, 2.75) is 59.0 Å². The van der Waals surface area contributed by atoms with Crippen molar-refractivity contribution >= 4 is 34.2 Å². The van der Waals surface area contributed by atoms with Crippen LogP contribution in [0.15, 0.2) is 18.3 Å². The fourth-order valence-electron chi connectivity index (χ4n) is 4.22. The highest BCUT2D eigenvalue weighted by molar-refractivity contribution is 7.12. The number of aromatic nitrogens is 3. The van der Waals surface area contributed by atoms with Gasteiger partial charge < -0.3 is 10.6 Å². The number of nitrogens with two attached hydrogens (primary N) is 1. The Morgan fingerprint density at radius 1 is 1.23 bits per heavy atom. The molecule has 1 saturated heterocycles. The van der Waals surface area contributed by atoms with E-state index in [4.69, 9.17) is 10.7 Å². The molecule has 7 nitrogen and oxygen atoms in total. The van der Waals surface area contributed by atoms with Crippen molar-refractivity contribution in [1.82, 2.24) is 19.7 Å². The Morgan fingerprint density at radius 2 is 2.00 bits per heavy atom. The highest BCUT2D eigenvalue weighted by Gasteiger charge is 2.33. The highest BCUT2D eigenvalue weighted by atomic mass is 32.1. The van der Waals surface area contributed by atoms with Gasteiger partial charge in [0.15, 0.2) is 5.65 Å². The molecule has 3 aromatic rings. The van der Waals surface area contributed by atoms with Gasteiger partial charge in [-0.3, -0.25) is 9.59 Å². The number of carbonyl (C=O) groups is 2. The first kappa shape index (κ1) is 20.5. The number of amides is 2. The van der Waals surface area contributed by atoms with Crippen LogP contribution in [0.3, 0.4) is 0 Å². The lowest BCUT2D eigenvalue weighted by Gasteiger charge is -2.33. The second-order valence-corrected chi connectivity index (χ2v) is 9.68. The van der Waals surface area contributed by atoms with Gasteiger partial charge in [-0.2, -0.15) is 5.10 Å². The van der Waals surface area contributed by atoms with Gasteiger partial charge in [0.05, 0.1) is 22.8 Å². The summed E-state index contributed by atoms with van der Waals surface area (Å²) in [5, 5.41) is 5.20. The molecule has 4 rings (SSSR count). The standard InChI is InChI=1S/C22H27N5O2S/c1-12(2)27-21-17(11-24-27)16(10-18(25-21)15-9-13(3)30-14(15)4)22(29)26-8-6-5-7-19(26)20(23)28/h9-12,19H,5-8H2,1-4H3,(H2,23,28). The molecular weight excluding hydrogens is 398 g/mol. The molecule has 0 aromatic carbocycles. The van der Waals surface area contributed by atoms with Crippen LogP contribution in [-0.4, -0.2) is 44.1 Å². The van der Waals surface area contributed by atoms with E-state index in [1.54, 1.807) is 22.4 Å². The molecular formula is C22H27N5O2S. The Morgan fingerprint density at radius 3 is 2.63 bits per heavy atom. The van der Waals surface area contributed by atoms with Crippen LogP contribution in [0, 0.1) is 13.8 Å². The van der Waals surface area contributed by atoms with Gasteiger partial charge in [-0.1, -0.05) is 0 Å². The van der Waals surface area contributed by atoms with Gasteiger partial charge in [0, 0.05) is 27.9 Å². The number of likely N-dealkylation sites (tertiary alicyclic amines) is 1. The third-order valence-corrected chi connectivity index (χ3v) is 6.66. The Balaban J connectivity index is 1.90. The van der Waals surface area contributed by atoms with Crippen molar-refractivity contribution in [2.75, 3.05) is 6.54 Å². The maximum absolute atomic E-state index is 13.6. The summed E-state index contributed by atoms with van der Waals surface area (Å²) in [5.41, 5.74) is 8.60. The number of fused-ring (bicyclic) bond motifs is 1. The summed E-state index contributed by atoms with van der Waals surface area (Å²) in [5.74, 6) is -0.629. The zero-order valence-corrected chi connectivity index (χ0v) is 18.6. The molecule has 0 aliphatic carbocycles. The van der Waals surface area contributed by atoms with Gasteiger partial charge in [-0.25, -0.2) is 9.67 Å². The van der Waals surface area contributed by atoms with Crippen LogP contribution in [0.4, 0.5) is 0 Å². The number of aryl methyl sites for hydroxylation is 2. The molecule has 158 valence electrons. The van der Waals surface area contributed by atoms with Crippen molar-refractivity contribution < 1.29 is 9.59 Å². The molecule has 8 heteroatoms. The molecule has 0 saturated carbocycles. The molecule has 1 fully saturated rings. The highest BCUT2D eigenvalue weighted by Crippen LogP contribution is 2.33. The van der Waals surface area contributed by atoms with Gasteiger partial charge in [0.2, 0.25) is 5.91 Å². The third-order valence-electron chi connectivity index (χ3n) is 5.70. The van der Waals surface area contributed by atoms with Gasteiger partial charge >= 0.3 is 0 Å². The molecule has 0 bridgehead atoms. The quantitative estimate of drug-likeness (QED) is 0.687. The monoisotopic (exact) mass is 425 g/mol. The fraction of sp³-hybridized carbons (Fsp3) is 0.455. The lowest BCUT2D eigenvalue weighted by atomic mass is 9.99. The predicted molar refractivity (Wildman–Crippen MR) is 119 cm³/mol. The van der Waals surface area contributed by atoms with E-state index in [0.717, 1.165) is 29.0 Å². The topological polar surface area (TPSA) is 94.1 Å². The number of pyridine rings is 1. The Bertz CT molecular complexity index is 1130. The SMILES string of the molecule is Cc1cc(-c2cc(C(=O)N3CCCCC3C(N)=O)c3cnn(C(C)C)c3n2)c(C)s1. The minimum atomic E-state index is -0.566. The van der Waals surface area contributed by atoms with E-state index in [1.807, 2.05) is 24.6 Å². The fourth-order valence-corrected chi connectivity index (χ4v) is 5.15. The van der Waals surface area contributed by atoms with Crippen molar-refractivity contribution in [3.63, 3.8) is 0 Å². The molecule has 2 amide bonds. The maximum atomic E-state index is 13.6. The zero-order chi connectivity index (χ0) is 21.6. The smallest absolute Gasteiger partial charge is 0.255 e. The van der Waals surface area contributed by atoms with Crippen molar-refractivity contribution in [1.29, 1.82) is 0 Å². The minimum Gasteiger partial charge on any atom is -0.368 e. The van der Waals surface area contributed by atoms with Crippen molar-refractivity contribution in [2.24, 2.45) is 5.73 Å². The Kier molecular flexibility index (Phi) is 5.36. The van der Waals surface area contributed by atoms with E-state index in [9.17, 15) is 9.59 Å². The lowest BCUT2D eigenvalue weighted by Crippen LogP contribution is -2.50. The van der Waals surface area contributed by atoms with Gasteiger partial charge in [0.1, 0.15) is 6.04 Å². The largest absolute Gasteiger partial charge is 0.368 e. The second kappa shape index (κ2) is 7.83. The van der Waals surface area contributed by atoms with Crippen LogP contribution in [0.2, 0.25) is 0 Å². The summed E-state index contributed by atoms with van der Waals surface area (Å²) < 4.78 is 1.84. The predicted octanol–water partition coefficient (Wildman–Crippen LogP) is 3.84. The number of thiophene rings is 1. The van der Waals surface area contributed by atoms with E-state index >= 15 is 0 Å². The van der Waals surface area contributed by atoms with Gasteiger partial charge in [-0.05, 0) is 59.1 Å². The third kappa shape index (κ3) is 3.49. The molecule has 2 N–H and O–H groups in total. The molecule has 0 radical (unpaired) electrons. The van der Waals surface area contributed by atoms with Crippen LogP contribution in [0.5, 0.6) is 0 Å². The minimum absolute atomic E-state index is 0.104. The van der Waals surface area contributed by atoms with Crippen LogP contribution < -0.4 is 5.73 Å². The average molecular weight is 426 g/mol. The first-order valence-corrected chi connectivity index (χ1v) is 11.2. The second-order valence-electron chi connectivity index (χ2n) is 8.21. The number of rotatable bonds is 4. The van der Waals surface area contributed by atoms with E-state index in [0.29, 0.717) is 29.6 Å². The van der Waals surface area contributed by atoms with Crippen LogP contribution in [0.25, 0.3) is 22.3 Å². The van der Waals surface area contributed by atoms with Crippen molar-refractivity contribution in [3.05, 3.63) is 33.6 Å². The molecule has 1 unspecified atom stereocenters. The molecule has 30 heavy (non-hydrogen) atoms. The Hall–Kier alpha value is -2.74. The molecule has 0 spiro atoms. The van der Waals surface area contributed by atoms with Crippen LogP contribution in [-0.2, 0) is 4.79 Å². The first-order chi connectivity index (χ1) is 14.3. The number of piperidine rings is 1.